The van der Waals surface area contributed by atoms with E-state index in [1.54, 1.807) is 0 Å². The Morgan fingerprint density at radius 2 is 1.79 bits per heavy atom. The smallest absolute Gasteiger partial charge is 0.269 e. The lowest BCUT2D eigenvalue weighted by Gasteiger charge is -2.09. The van der Waals surface area contributed by atoms with Crippen molar-refractivity contribution in [2.75, 3.05) is 18.4 Å². The highest BCUT2D eigenvalue weighted by Gasteiger charge is 2.15. The van der Waals surface area contributed by atoms with Crippen LogP contribution >= 0.6 is 11.6 Å². The average Bonchev–Trinajstić information content (AvgIpc) is 2.54. The van der Waals surface area contributed by atoms with Gasteiger partial charge in [-0.25, -0.2) is 17.5 Å². The Morgan fingerprint density at radius 3 is 2.38 bits per heavy atom. The number of hydrogen-bond acceptors (Lipinski definition) is 5. The maximum absolute atomic E-state index is 13.1. The first kappa shape index (κ1) is 18.1. The minimum absolute atomic E-state index is 0.0329. The minimum Gasteiger partial charge on any atom is -0.384 e. The molecule has 7 nitrogen and oxygen atoms in total. The van der Waals surface area contributed by atoms with Gasteiger partial charge in [-0.2, -0.15) is 0 Å². The first-order valence-electron chi connectivity index (χ1n) is 6.72. The number of nitro benzene ring substituents is 1. The number of anilines is 1. The Morgan fingerprint density at radius 1 is 1.12 bits per heavy atom. The number of nitrogens with one attached hydrogen (secondary N) is 2. The van der Waals surface area contributed by atoms with Crippen molar-refractivity contribution >= 4 is 33.0 Å². The number of rotatable bonds is 7. The summed E-state index contributed by atoms with van der Waals surface area (Å²) >= 11 is 5.57. The van der Waals surface area contributed by atoms with Crippen molar-refractivity contribution in [1.82, 2.24) is 4.72 Å². The summed E-state index contributed by atoms with van der Waals surface area (Å²) < 4.78 is 39.5. The van der Waals surface area contributed by atoms with Crippen LogP contribution in [0.4, 0.5) is 15.8 Å². The third kappa shape index (κ3) is 4.63. The third-order valence-corrected chi connectivity index (χ3v) is 4.77. The minimum atomic E-state index is -3.80. The van der Waals surface area contributed by atoms with Crippen LogP contribution in [-0.4, -0.2) is 26.4 Å². The molecule has 0 atom stereocenters. The van der Waals surface area contributed by atoms with E-state index in [9.17, 15) is 22.9 Å². The van der Waals surface area contributed by atoms with Crippen molar-refractivity contribution < 1.29 is 17.7 Å². The van der Waals surface area contributed by atoms with E-state index in [4.69, 9.17) is 11.6 Å². The molecule has 0 unspecified atom stereocenters. The highest BCUT2D eigenvalue weighted by molar-refractivity contribution is 7.89. The first-order chi connectivity index (χ1) is 11.3. The monoisotopic (exact) mass is 373 g/mol. The van der Waals surface area contributed by atoms with Gasteiger partial charge in [-0.15, -0.1) is 0 Å². The SMILES string of the molecule is O=[N+]([O-])c1ccc(NCCNS(=O)(=O)c2ccc(F)c(Cl)c2)cc1. The Kier molecular flexibility index (Phi) is 5.71. The Bertz CT molecular complexity index is 844. The number of hydrogen-bond donors (Lipinski definition) is 2. The van der Waals surface area contributed by atoms with Gasteiger partial charge in [0.1, 0.15) is 5.82 Å². The second-order valence-electron chi connectivity index (χ2n) is 4.70. The van der Waals surface area contributed by atoms with Crippen LogP contribution in [0.15, 0.2) is 47.4 Å². The number of non-ortho nitro benzene ring substituents is 1. The van der Waals surface area contributed by atoms with Gasteiger partial charge >= 0.3 is 0 Å². The van der Waals surface area contributed by atoms with Crippen LogP contribution in [0.25, 0.3) is 0 Å². The van der Waals surface area contributed by atoms with Crippen LogP contribution in [0, 0.1) is 15.9 Å². The van der Waals surface area contributed by atoms with Crippen LogP contribution in [0.3, 0.4) is 0 Å². The van der Waals surface area contributed by atoms with Crippen molar-refractivity contribution in [3.8, 4) is 0 Å². The number of halogens is 2. The zero-order valence-electron chi connectivity index (χ0n) is 12.2. The van der Waals surface area contributed by atoms with Crippen LogP contribution in [-0.2, 0) is 10.0 Å². The van der Waals surface area contributed by atoms with Crippen molar-refractivity contribution in [2.24, 2.45) is 0 Å². The van der Waals surface area contributed by atoms with E-state index in [0.717, 1.165) is 18.2 Å². The molecule has 0 heterocycles. The van der Waals surface area contributed by atoms with E-state index in [1.807, 2.05) is 0 Å². The predicted octanol–water partition coefficient (Wildman–Crippen LogP) is 2.78. The first-order valence-corrected chi connectivity index (χ1v) is 8.59. The molecule has 0 aliphatic heterocycles. The maximum atomic E-state index is 13.1. The summed E-state index contributed by atoms with van der Waals surface area (Å²) in [6, 6.07) is 8.85. The molecule has 2 N–H and O–H groups in total. The van der Waals surface area contributed by atoms with Crippen LogP contribution in [0.1, 0.15) is 0 Å². The van der Waals surface area contributed by atoms with Crippen molar-refractivity contribution in [1.29, 1.82) is 0 Å². The molecule has 0 bridgehead atoms. The molecule has 0 aliphatic rings. The molecular formula is C14H13ClFN3O4S. The van der Waals surface area contributed by atoms with Gasteiger partial charge in [0, 0.05) is 30.9 Å². The van der Waals surface area contributed by atoms with Gasteiger partial charge in [0.25, 0.3) is 5.69 Å². The third-order valence-electron chi connectivity index (χ3n) is 3.03. The van der Waals surface area contributed by atoms with E-state index < -0.39 is 20.8 Å². The molecule has 0 spiro atoms. The van der Waals surface area contributed by atoms with Gasteiger partial charge in [0.15, 0.2) is 0 Å². The number of benzene rings is 2. The van der Waals surface area contributed by atoms with Crippen LogP contribution < -0.4 is 10.0 Å². The number of nitrogens with zero attached hydrogens (tertiary/aromatic N) is 1. The fraction of sp³-hybridized carbons (Fsp3) is 0.143. The summed E-state index contributed by atoms with van der Waals surface area (Å²) in [6.45, 7) is 0.320. The quantitative estimate of drug-likeness (QED) is 0.441. The van der Waals surface area contributed by atoms with Crippen LogP contribution in [0.2, 0.25) is 5.02 Å². The molecule has 0 fully saturated rings. The molecular weight excluding hydrogens is 361 g/mol. The highest BCUT2D eigenvalue weighted by atomic mass is 35.5. The molecule has 0 amide bonds. The van der Waals surface area contributed by atoms with E-state index in [0.29, 0.717) is 5.69 Å². The zero-order chi connectivity index (χ0) is 17.7. The van der Waals surface area contributed by atoms with E-state index in [2.05, 4.69) is 10.0 Å². The van der Waals surface area contributed by atoms with E-state index >= 15 is 0 Å². The van der Waals surface area contributed by atoms with Crippen molar-refractivity contribution in [3.63, 3.8) is 0 Å². The molecule has 0 aromatic heterocycles. The molecule has 0 saturated heterocycles. The summed E-state index contributed by atoms with van der Waals surface area (Å²) in [5, 5.41) is 13.2. The van der Waals surface area contributed by atoms with Crippen LogP contribution in [0.5, 0.6) is 0 Å². The normalized spacial score (nSPS) is 11.2. The van der Waals surface area contributed by atoms with Gasteiger partial charge in [-0.3, -0.25) is 10.1 Å². The molecule has 10 heteroatoms. The fourth-order valence-corrected chi connectivity index (χ4v) is 3.12. The van der Waals surface area contributed by atoms with Gasteiger partial charge in [-0.1, -0.05) is 11.6 Å². The van der Waals surface area contributed by atoms with E-state index in [-0.39, 0.29) is 28.7 Å². The molecule has 2 aromatic rings. The molecule has 0 radical (unpaired) electrons. The number of sulfonamides is 1. The summed E-state index contributed by atoms with van der Waals surface area (Å²) in [7, 11) is -3.80. The molecule has 24 heavy (non-hydrogen) atoms. The molecule has 0 saturated carbocycles. The molecule has 128 valence electrons. The average molecular weight is 374 g/mol. The summed E-state index contributed by atoms with van der Waals surface area (Å²) in [6.07, 6.45) is 0. The van der Waals surface area contributed by atoms with Gasteiger partial charge in [0.05, 0.1) is 14.8 Å². The maximum Gasteiger partial charge on any atom is 0.269 e. The van der Waals surface area contributed by atoms with E-state index in [1.165, 1.54) is 24.3 Å². The predicted molar refractivity (Wildman–Crippen MR) is 88.2 cm³/mol. The standard InChI is InChI=1S/C14H13ClFN3O4S/c15-13-9-12(5-6-14(13)16)24(22,23)18-8-7-17-10-1-3-11(4-2-10)19(20)21/h1-6,9,17-18H,7-8H2. The van der Waals surface area contributed by atoms with Crippen molar-refractivity contribution in [3.05, 3.63) is 63.4 Å². The highest BCUT2D eigenvalue weighted by Crippen LogP contribution is 2.19. The lowest BCUT2D eigenvalue weighted by molar-refractivity contribution is -0.384. The Labute approximate surface area is 142 Å². The Hall–Kier alpha value is -2.23. The Balaban J connectivity index is 1.88. The molecule has 2 rings (SSSR count). The second-order valence-corrected chi connectivity index (χ2v) is 6.88. The number of nitro groups is 1. The largest absolute Gasteiger partial charge is 0.384 e. The molecule has 2 aromatic carbocycles. The van der Waals surface area contributed by atoms with Gasteiger partial charge in [0.2, 0.25) is 10.0 Å². The molecule has 0 aliphatic carbocycles. The summed E-state index contributed by atoms with van der Waals surface area (Å²) in [4.78, 5) is 9.90. The van der Waals surface area contributed by atoms with Gasteiger partial charge < -0.3 is 5.32 Å². The summed E-state index contributed by atoms with van der Waals surface area (Å²) in [5.74, 6) is -0.699. The fourth-order valence-electron chi connectivity index (χ4n) is 1.82. The zero-order valence-corrected chi connectivity index (χ0v) is 13.8. The topological polar surface area (TPSA) is 101 Å². The lowest BCUT2D eigenvalue weighted by atomic mass is 10.3. The summed E-state index contributed by atoms with van der Waals surface area (Å²) in [5.41, 5.74) is 0.582. The lowest BCUT2D eigenvalue weighted by Crippen LogP contribution is -2.29. The second kappa shape index (κ2) is 7.56. The van der Waals surface area contributed by atoms with Gasteiger partial charge in [-0.05, 0) is 30.3 Å². The van der Waals surface area contributed by atoms with Crippen molar-refractivity contribution in [2.45, 2.75) is 4.90 Å².